The predicted molar refractivity (Wildman–Crippen MR) is 89.4 cm³/mol. The van der Waals surface area contributed by atoms with Gasteiger partial charge in [0.15, 0.2) is 10.8 Å². The molecule has 1 amide bonds. The summed E-state index contributed by atoms with van der Waals surface area (Å²) >= 11 is 1.74. The number of amides is 1. The fourth-order valence-corrected chi connectivity index (χ4v) is 4.29. The van der Waals surface area contributed by atoms with E-state index in [1.807, 2.05) is 18.7 Å². The van der Waals surface area contributed by atoms with Crippen molar-refractivity contribution in [2.24, 2.45) is 7.05 Å². The van der Waals surface area contributed by atoms with Crippen LogP contribution in [0.4, 0.5) is 5.13 Å². The number of hydrogen-bond donors (Lipinski definition) is 1. The fourth-order valence-electron chi connectivity index (χ4n) is 3.16. The highest BCUT2D eigenvalue weighted by Gasteiger charge is 2.26. The predicted octanol–water partition coefficient (Wildman–Crippen LogP) is 2.22. The van der Waals surface area contributed by atoms with Gasteiger partial charge in [-0.1, -0.05) is 11.3 Å². The Balaban J connectivity index is 1.79. The standard InChI is InChI=1S/C15H23N5OS/c1-10-13-14(19(3)18-10)17-15(22-13)20-9-5-4-6-12(20)7-8-16-11(2)21/h12H,4-9H2,1-3H3,(H,16,21)/t12-/m1/s1. The number of rotatable bonds is 4. The quantitative estimate of drug-likeness (QED) is 0.938. The number of carbonyl (C=O) groups excluding carboxylic acids is 1. The van der Waals surface area contributed by atoms with Crippen LogP contribution in [-0.2, 0) is 11.8 Å². The highest BCUT2D eigenvalue weighted by Crippen LogP contribution is 2.34. The maximum Gasteiger partial charge on any atom is 0.216 e. The summed E-state index contributed by atoms with van der Waals surface area (Å²) in [5.41, 5.74) is 2.02. The first-order valence-corrected chi connectivity index (χ1v) is 8.69. The molecule has 6 nitrogen and oxygen atoms in total. The van der Waals surface area contributed by atoms with E-state index < -0.39 is 0 Å². The third kappa shape index (κ3) is 2.95. The SMILES string of the molecule is CC(=O)NCC[C@H]1CCCCN1c1nc2c(s1)c(C)nn2C. The topological polar surface area (TPSA) is 63.1 Å². The number of piperidine rings is 1. The normalized spacial score (nSPS) is 18.9. The highest BCUT2D eigenvalue weighted by molar-refractivity contribution is 7.22. The van der Waals surface area contributed by atoms with E-state index in [0.717, 1.165) is 36.0 Å². The first kappa shape index (κ1) is 15.3. The maximum atomic E-state index is 11.0. The van der Waals surface area contributed by atoms with Gasteiger partial charge < -0.3 is 10.2 Å². The second-order valence-electron chi connectivity index (χ2n) is 5.97. The second-order valence-corrected chi connectivity index (χ2v) is 6.95. The number of nitrogens with zero attached hydrogens (tertiary/aromatic N) is 4. The Hall–Kier alpha value is -1.63. The largest absolute Gasteiger partial charge is 0.356 e. The Morgan fingerprint density at radius 1 is 1.45 bits per heavy atom. The summed E-state index contributed by atoms with van der Waals surface area (Å²) < 4.78 is 3.05. The lowest BCUT2D eigenvalue weighted by Gasteiger charge is -2.35. The van der Waals surface area contributed by atoms with Crippen LogP contribution < -0.4 is 10.2 Å². The minimum Gasteiger partial charge on any atom is -0.356 e. The molecule has 3 heterocycles. The average molecular weight is 321 g/mol. The average Bonchev–Trinajstić information content (AvgIpc) is 3.02. The number of aryl methyl sites for hydroxylation is 2. The van der Waals surface area contributed by atoms with Crippen LogP contribution in [0.2, 0.25) is 0 Å². The molecule has 0 bridgehead atoms. The Morgan fingerprint density at radius 2 is 2.27 bits per heavy atom. The van der Waals surface area contributed by atoms with Crippen molar-refractivity contribution < 1.29 is 4.79 Å². The molecule has 22 heavy (non-hydrogen) atoms. The van der Waals surface area contributed by atoms with E-state index in [4.69, 9.17) is 4.98 Å². The number of aromatic nitrogens is 3. The van der Waals surface area contributed by atoms with Crippen molar-refractivity contribution in [1.82, 2.24) is 20.1 Å². The van der Waals surface area contributed by atoms with Crippen molar-refractivity contribution in [1.29, 1.82) is 0 Å². The molecule has 1 N–H and O–H groups in total. The van der Waals surface area contributed by atoms with Crippen LogP contribution in [0, 0.1) is 6.92 Å². The molecule has 0 saturated carbocycles. The molecule has 3 rings (SSSR count). The Bertz CT molecular complexity index is 642. The molecule has 1 fully saturated rings. The molecular weight excluding hydrogens is 298 g/mol. The Kier molecular flexibility index (Phi) is 4.33. The van der Waals surface area contributed by atoms with Gasteiger partial charge in [-0.25, -0.2) is 9.67 Å². The van der Waals surface area contributed by atoms with Crippen LogP contribution in [-0.4, -0.2) is 39.8 Å². The maximum absolute atomic E-state index is 11.0. The molecule has 120 valence electrons. The molecule has 2 aromatic heterocycles. The molecule has 0 aliphatic carbocycles. The minimum atomic E-state index is 0.0454. The molecule has 1 saturated heterocycles. The molecule has 2 aromatic rings. The number of fused-ring (bicyclic) bond motifs is 1. The number of nitrogens with one attached hydrogen (secondary N) is 1. The van der Waals surface area contributed by atoms with Gasteiger partial charge in [0.2, 0.25) is 5.91 Å². The van der Waals surface area contributed by atoms with Crippen molar-refractivity contribution in [3.63, 3.8) is 0 Å². The van der Waals surface area contributed by atoms with Gasteiger partial charge in [0.1, 0.15) is 0 Å². The monoisotopic (exact) mass is 321 g/mol. The molecule has 0 aromatic carbocycles. The molecule has 1 atom stereocenters. The zero-order valence-corrected chi connectivity index (χ0v) is 14.2. The third-order valence-electron chi connectivity index (χ3n) is 4.26. The van der Waals surface area contributed by atoms with E-state index in [-0.39, 0.29) is 5.91 Å². The first-order chi connectivity index (χ1) is 10.6. The van der Waals surface area contributed by atoms with Gasteiger partial charge >= 0.3 is 0 Å². The molecule has 0 spiro atoms. The summed E-state index contributed by atoms with van der Waals surface area (Å²) in [6.45, 7) is 5.40. The zero-order valence-electron chi connectivity index (χ0n) is 13.4. The van der Waals surface area contributed by atoms with Gasteiger partial charge in [-0.3, -0.25) is 4.79 Å². The number of thiazole rings is 1. The molecule has 1 aliphatic rings. The van der Waals surface area contributed by atoms with Crippen LogP contribution in [0.5, 0.6) is 0 Å². The van der Waals surface area contributed by atoms with Crippen molar-refractivity contribution in [3.05, 3.63) is 5.69 Å². The van der Waals surface area contributed by atoms with Crippen LogP contribution in [0.25, 0.3) is 10.3 Å². The lowest BCUT2D eigenvalue weighted by Crippen LogP contribution is -2.41. The smallest absolute Gasteiger partial charge is 0.216 e. The zero-order chi connectivity index (χ0) is 15.7. The van der Waals surface area contributed by atoms with Crippen molar-refractivity contribution in [2.75, 3.05) is 18.0 Å². The van der Waals surface area contributed by atoms with E-state index >= 15 is 0 Å². The lowest BCUT2D eigenvalue weighted by molar-refractivity contribution is -0.118. The van der Waals surface area contributed by atoms with Gasteiger partial charge in [0.05, 0.1) is 10.4 Å². The first-order valence-electron chi connectivity index (χ1n) is 7.87. The fraction of sp³-hybridized carbons (Fsp3) is 0.667. The summed E-state index contributed by atoms with van der Waals surface area (Å²) in [6, 6.07) is 0.467. The number of hydrogen-bond acceptors (Lipinski definition) is 5. The van der Waals surface area contributed by atoms with Crippen LogP contribution >= 0.6 is 11.3 Å². The van der Waals surface area contributed by atoms with Crippen LogP contribution in [0.1, 0.15) is 38.3 Å². The lowest BCUT2D eigenvalue weighted by atomic mass is 10.00. The van der Waals surface area contributed by atoms with Crippen LogP contribution in [0.3, 0.4) is 0 Å². The van der Waals surface area contributed by atoms with E-state index in [1.165, 1.54) is 24.0 Å². The van der Waals surface area contributed by atoms with Gasteiger partial charge in [-0.2, -0.15) is 5.10 Å². The van der Waals surface area contributed by atoms with E-state index in [2.05, 4.69) is 15.3 Å². The summed E-state index contributed by atoms with van der Waals surface area (Å²) in [5, 5.41) is 8.43. The third-order valence-corrected chi connectivity index (χ3v) is 5.45. The number of carbonyl (C=O) groups is 1. The van der Waals surface area contributed by atoms with Gasteiger partial charge in [-0.05, 0) is 32.6 Å². The molecule has 0 radical (unpaired) electrons. The summed E-state index contributed by atoms with van der Waals surface area (Å²) in [6.07, 6.45) is 4.62. The second kappa shape index (κ2) is 6.24. The molecule has 7 heteroatoms. The minimum absolute atomic E-state index is 0.0454. The number of anilines is 1. The van der Waals surface area contributed by atoms with E-state index in [9.17, 15) is 4.79 Å². The highest BCUT2D eigenvalue weighted by atomic mass is 32.1. The van der Waals surface area contributed by atoms with Gasteiger partial charge in [0.25, 0.3) is 0 Å². The van der Waals surface area contributed by atoms with Crippen LogP contribution in [0.15, 0.2) is 0 Å². The molecule has 0 unspecified atom stereocenters. The van der Waals surface area contributed by atoms with Gasteiger partial charge in [-0.15, -0.1) is 0 Å². The van der Waals surface area contributed by atoms with Gasteiger partial charge in [0, 0.05) is 33.1 Å². The summed E-state index contributed by atoms with van der Waals surface area (Å²) in [4.78, 5) is 18.3. The summed E-state index contributed by atoms with van der Waals surface area (Å²) in [7, 11) is 1.95. The van der Waals surface area contributed by atoms with Crippen molar-refractivity contribution in [3.8, 4) is 0 Å². The molecule has 1 aliphatic heterocycles. The molecular formula is C15H23N5OS. The summed E-state index contributed by atoms with van der Waals surface area (Å²) in [5.74, 6) is 0.0454. The van der Waals surface area contributed by atoms with Crippen molar-refractivity contribution >= 4 is 32.7 Å². The Morgan fingerprint density at radius 3 is 3.00 bits per heavy atom. The Labute approximate surface area is 134 Å². The van der Waals surface area contributed by atoms with Crippen molar-refractivity contribution in [2.45, 2.75) is 45.6 Å². The van der Waals surface area contributed by atoms with E-state index in [1.54, 1.807) is 18.3 Å². The van der Waals surface area contributed by atoms with E-state index in [0.29, 0.717) is 6.04 Å².